The van der Waals surface area contributed by atoms with Crippen LogP contribution in [-0.4, -0.2) is 0 Å². The summed E-state index contributed by atoms with van der Waals surface area (Å²) in [5, 5.41) is 0. The molecule has 0 heterocycles. The van der Waals surface area contributed by atoms with E-state index in [2.05, 4.69) is 32.6 Å². The Morgan fingerprint density at radius 1 is 1.56 bits per heavy atom. The van der Waals surface area contributed by atoms with Crippen LogP contribution in [0.2, 0.25) is 0 Å². The van der Waals surface area contributed by atoms with Gasteiger partial charge < -0.3 is 0 Å². The van der Waals surface area contributed by atoms with Crippen molar-refractivity contribution in [3.63, 3.8) is 0 Å². The number of hydrogen-bond donors (Lipinski definition) is 0. The normalized spacial score (nSPS) is 11.1. The molecule has 0 saturated carbocycles. The van der Waals surface area contributed by atoms with Gasteiger partial charge in [0.1, 0.15) is 0 Å². The van der Waals surface area contributed by atoms with E-state index in [9.17, 15) is 0 Å². The van der Waals surface area contributed by atoms with Gasteiger partial charge in [-0.1, -0.05) is 38.2 Å². The van der Waals surface area contributed by atoms with Gasteiger partial charge in [-0.15, -0.1) is 0 Å². The molecule has 0 N–H and O–H groups in total. The SMILES string of the molecule is C=C(C)CC=CC(C)C. The summed E-state index contributed by atoms with van der Waals surface area (Å²) in [7, 11) is 0. The predicted octanol–water partition coefficient (Wildman–Crippen LogP) is 3.16. The average Bonchev–Trinajstić information content (AvgIpc) is 1.63. The number of allylic oxidation sites excluding steroid dienone is 3. The maximum absolute atomic E-state index is 3.80. The van der Waals surface area contributed by atoms with E-state index in [0.29, 0.717) is 5.92 Å². The van der Waals surface area contributed by atoms with E-state index < -0.39 is 0 Å². The molecule has 0 aliphatic heterocycles. The molecule has 0 aromatic heterocycles. The molecule has 0 fully saturated rings. The van der Waals surface area contributed by atoms with Gasteiger partial charge in [0.25, 0.3) is 0 Å². The van der Waals surface area contributed by atoms with Gasteiger partial charge in [-0.25, -0.2) is 0 Å². The Bertz CT molecular complexity index is 107. The lowest BCUT2D eigenvalue weighted by atomic mass is 10.1. The van der Waals surface area contributed by atoms with E-state index in [4.69, 9.17) is 0 Å². The van der Waals surface area contributed by atoms with Crippen LogP contribution in [-0.2, 0) is 0 Å². The molecule has 0 unspecified atom stereocenters. The molecule has 0 nitrogen and oxygen atoms in total. The first-order valence-corrected chi connectivity index (χ1v) is 3.44. The van der Waals surface area contributed by atoms with Crippen molar-refractivity contribution < 1.29 is 0 Å². The van der Waals surface area contributed by atoms with E-state index >= 15 is 0 Å². The van der Waals surface area contributed by atoms with Gasteiger partial charge in [0.05, 0.1) is 0 Å². The van der Waals surface area contributed by atoms with Crippen molar-refractivity contribution >= 4 is 0 Å². The van der Waals surface area contributed by atoms with Crippen LogP contribution in [0.1, 0.15) is 27.2 Å². The first-order chi connectivity index (χ1) is 4.13. The lowest BCUT2D eigenvalue weighted by molar-refractivity contribution is 0.827. The maximum atomic E-state index is 3.80. The van der Waals surface area contributed by atoms with Crippen molar-refractivity contribution in [2.75, 3.05) is 0 Å². The molecule has 0 aliphatic rings. The largest absolute Gasteiger partial charge is 0.0998 e. The summed E-state index contributed by atoms with van der Waals surface area (Å²) in [5.41, 5.74) is 1.23. The van der Waals surface area contributed by atoms with Crippen molar-refractivity contribution in [1.82, 2.24) is 0 Å². The summed E-state index contributed by atoms with van der Waals surface area (Å²) < 4.78 is 0. The third-order valence-corrected chi connectivity index (χ3v) is 0.987. The Hall–Kier alpha value is -0.520. The fourth-order valence-corrected chi connectivity index (χ4v) is 0.541. The highest BCUT2D eigenvalue weighted by Gasteiger charge is 1.82. The average molecular weight is 124 g/mol. The smallest absolute Gasteiger partial charge is 0.0144 e. The second kappa shape index (κ2) is 4.37. The minimum Gasteiger partial charge on any atom is -0.0998 e. The summed E-state index contributed by atoms with van der Waals surface area (Å²) in [6.07, 6.45) is 5.40. The van der Waals surface area contributed by atoms with Crippen LogP contribution in [0.5, 0.6) is 0 Å². The molecule has 9 heavy (non-hydrogen) atoms. The Labute approximate surface area is 58.3 Å². The van der Waals surface area contributed by atoms with Crippen molar-refractivity contribution in [2.24, 2.45) is 5.92 Å². The molecule has 0 rings (SSSR count). The van der Waals surface area contributed by atoms with E-state index in [0.717, 1.165) is 6.42 Å². The van der Waals surface area contributed by atoms with Crippen molar-refractivity contribution in [3.8, 4) is 0 Å². The van der Waals surface area contributed by atoms with Gasteiger partial charge in [-0.05, 0) is 19.3 Å². The molecule has 0 atom stereocenters. The van der Waals surface area contributed by atoms with E-state index in [-0.39, 0.29) is 0 Å². The molecule has 0 aliphatic carbocycles. The molecule has 52 valence electrons. The van der Waals surface area contributed by atoms with E-state index in [1.54, 1.807) is 0 Å². The number of hydrogen-bond acceptors (Lipinski definition) is 0. The summed E-state index contributed by atoms with van der Waals surface area (Å²) in [6.45, 7) is 10.2. The van der Waals surface area contributed by atoms with Crippen LogP contribution in [0.25, 0.3) is 0 Å². The van der Waals surface area contributed by atoms with Crippen LogP contribution >= 0.6 is 0 Å². The number of rotatable bonds is 3. The zero-order valence-corrected chi connectivity index (χ0v) is 6.65. The molecule has 0 bridgehead atoms. The zero-order chi connectivity index (χ0) is 7.28. The van der Waals surface area contributed by atoms with Gasteiger partial charge in [-0.3, -0.25) is 0 Å². The van der Waals surface area contributed by atoms with Crippen molar-refractivity contribution in [3.05, 3.63) is 24.3 Å². The summed E-state index contributed by atoms with van der Waals surface area (Å²) in [6, 6.07) is 0. The van der Waals surface area contributed by atoms with Gasteiger partial charge in [0, 0.05) is 0 Å². The van der Waals surface area contributed by atoms with Crippen LogP contribution in [0, 0.1) is 5.92 Å². The summed E-state index contributed by atoms with van der Waals surface area (Å²) >= 11 is 0. The van der Waals surface area contributed by atoms with Crippen LogP contribution in [0.3, 0.4) is 0 Å². The molecule has 0 saturated heterocycles. The van der Waals surface area contributed by atoms with Crippen molar-refractivity contribution in [2.45, 2.75) is 27.2 Å². The second-order valence-electron chi connectivity index (χ2n) is 2.83. The Morgan fingerprint density at radius 3 is 2.44 bits per heavy atom. The lowest BCUT2D eigenvalue weighted by Gasteiger charge is -1.93. The minimum absolute atomic E-state index is 0.671. The van der Waals surface area contributed by atoms with Gasteiger partial charge >= 0.3 is 0 Å². The first-order valence-electron chi connectivity index (χ1n) is 3.44. The monoisotopic (exact) mass is 124 g/mol. The van der Waals surface area contributed by atoms with Crippen LogP contribution in [0.15, 0.2) is 24.3 Å². The standard InChI is InChI=1S/C9H16/c1-8(2)6-5-7-9(3)4/h5,7,9H,1,6H2,2-4H3. The Morgan fingerprint density at radius 2 is 2.11 bits per heavy atom. The highest BCUT2D eigenvalue weighted by molar-refractivity contribution is 4.99. The molecule has 0 radical (unpaired) electrons. The van der Waals surface area contributed by atoms with Crippen LogP contribution < -0.4 is 0 Å². The highest BCUT2D eigenvalue weighted by Crippen LogP contribution is 2.00. The fraction of sp³-hybridized carbons (Fsp3) is 0.556. The Balaban J connectivity index is 3.36. The maximum Gasteiger partial charge on any atom is -0.0144 e. The molecule has 0 aromatic rings. The summed E-state index contributed by atoms with van der Waals surface area (Å²) in [4.78, 5) is 0. The quantitative estimate of drug-likeness (QED) is 0.507. The van der Waals surface area contributed by atoms with Crippen molar-refractivity contribution in [1.29, 1.82) is 0 Å². The molecule has 0 amide bonds. The molecular weight excluding hydrogens is 108 g/mol. The minimum atomic E-state index is 0.671. The Kier molecular flexibility index (Phi) is 4.12. The molecule has 0 spiro atoms. The predicted molar refractivity (Wildman–Crippen MR) is 43.4 cm³/mol. The van der Waals surface area contributed by atoms with Gasteiger partial charge in [0.15, 0.2) is 0 Å². The second-order valence-corrected chi connectivity index (χ2v) is 2.83. The van der Waals surface area contributed by atoms with Gasteiger partial charge in [-0.2, -0.15) is 0 Å². The van der Waals surface area contributed by atoms with Gasteiger partial charge in [0.2, 0.25) is 0 Å². The highest BCUT2D eigenvalue weighted by atomic mass is 13.9. The van der Waals surface area contributed by atoms with E-state index in [1.165, 1.54) is 5.57 Å². The lowest BCUT2D eigenvalue weighted by Crippen LogP contribution is -1.76. The fourth-order valence-electron chi connectivity index (χ4n) is 0.541. The molecule has 0 heteroatoms. The van der Waals surface area contributed by atoms with E-state index in [1.807, 2.05) is 6.92 Å². The molecule has 0 aromatic carbocycles. The third-order valence-electron chi connectivity index (χ3n) is 0.987. The van der Waals surface area contributed by atoms with Crippen LogP contribution in [0.4, 0.5) is 0 Å². The third kappa shape index (κ3) is 7.48. The molecular formula is C9H16. The summed E-state index contributed by atoms with van der Waals surface area (Å²) in [5.74, 6) is 0.671. The zero-order valence-electron chi connectivity index (χ0n) is 6.65. The topological polar surface area (TPSA) is 0 Å². The first kappa shape index (κ1) is 8.48.